The summed E-state index contributed by atoms with van der Waals surface area (Å²) in [7, 11) is -1.33. The van der Waals surface area contributed by atoms with E-state index in [4.69, 9.17) is 16.3 Å². The van der Waals surface area contributed by atoms with Crippen LogP contribution in [-0.4, -0.2) is 51.9 Å². The second kappa shape index (κ2) is 12.1. The molecule has 0 unspecified atom stereocenters. The molecule has 10 heteroatoms. The first-order valence-electron chi connectivity index (χ1n) is 11.6. The summed E-state index contributed by atoms with van der Waals surface area (Å²) in [6.07, 6.45) is 0. The number of hydrogen-bond acceptors (Lipinski definition) is 5. The van der Waals surface area contributed by atoms with E-state index in [1.807, 2.05) is 31.2 Å². The van der Waals surface area contributed by atoms with Gasteiger partial charge < -0.3 is 15.0 Å². The number of carbonyl (C=O) groups excluding carboxylic acids is 2. The van der Waals surface area contributed by atoms with Gasteiger partial charge in [0.05, 0.1) is 17.7 Å². The highest BCUT2D eigenvalue weighted by Crippen LogP contribution is 2.35. The van der Waals surface area contributed by atoms with Crippen molar-refractivity contribution >= 4 is 39.1 Å². The minimum absolute atomic E-state index is 0.00517. The van der Waals surface area contributed by atoms with E-state index in [9.17, 15) is 18.0 Å². The maximum atomic E-state index is 13.8. The van der Waals surface area contributed by atoms with E-state index in [2.05, 4.69) is 5.32 Å². The summed E-state index contributed by atoms with van der Waals surface area (Å²) in [6, 6.07) is 19.0. The lowest BCUT2D eigenvalue weighted by Crippen LogP contribution is -2.50. The Balaban J connectivity index is 2.10. The number of anilines is 1. The first-order valence-corrected chi connectivity index (χ1v) is 13.4. The van der Waals surface area contributed by atoms with Crippen LogP contribution >= 0.6 is 11.6 Å². The standard InChI is InChI=1S/C27H30ClN3O5S/c1-19-9-8-10-21(15-19)17-30(20(2)27(33)29-3)26(32)18-31(24-16-22(28)13-14-25(24)36-4)37(34,35)23-11-6-5-7-12-23/h5-16,20H,17-18H2,1-4H3,(H,29,33)/t20-/m1/s1. The number of nitrogens with zero attached hydrogens (tertiary/aromatic N) is 2. The molecule has 0 spiro atoms. The van der Waals surface area contributed by atoms with Crippen molar-refractivity contribution in [3.8, 4) is 5.75 Å². The number of halogens is 1. The quantitative estimate of drug-likeness (QED) is 0.417. The Labute approximate surface area is 222 Å². The molecule has 196 valence electrons. The minimum atomic E-state index is -4.22. The third-order valence-corrected chi connectivity index (χ3v) is 7.88. The van der Waals surface area contributed by atoms with Gasteiger partial charge in [0.15, 0.2) is 0 Å². The van der Waals surface area contributed by atoms with Crippen LogP contribution in [0.3, 0.4) is 0 Å². The number of methoxy groups -OCH3 is 1. The molecule has 37 heavy (non-hydrogen) atoms. The van der Waals surface area contributed by atoms with Crippen LogP contribution in [0.4, 0.5) is 5.69 Å². The van der Waals surface area contributed by atoms with E-state index >= 15 is 0 Å². The van der Waals surface area contributed by atoms with Gasteiger partial charge in [0.1, 0.15) is 18.3 Å². The number of rotatable bonds is 10. The Morgan fingerprint density at radius 1 is 1.03 bits per heavy atom. The highest BCUT2D eigenvalue weighted by molar-refractivity contribution is 7.92. The molecule has 0 aliphatic carbocycles. The molecule has 0 bridgehead atoms. The lowest BCUT2D eigenvalue weighted by atomic mass is 10.1. The van der Waals surface area contributed by atoms with Crippen LogP contribution in [0.15, 0.2) is 77.7 Å². The van der Waals surface area contributed by atoms with E-state index in [1.54, 1.807) is 31.2 Å². The van der Waals surface area contributed by atoms with Gasteiger partial charge in [-0.3, -0.25) is 13.9 Å². The molecule has 0 aliphatic heterocycles. The normalized spacial score (nSPS) is 11.9. The van der Waals surface area contributed by atoms with Crippen LogP contribution in [0.5, 0.6) is 5.75 Å². The van der Waals surface area contributed by atoms with Crippen LogP contribution in [0.1, 0.15) is 18.1 Å². The zero-order valence-electron chi connectivity index (χ0n) is 21.1. The molecule has 0 heterocycles. The van der Waals surface area contributed by atoms with Gasteiger partial charge in [0, 0.05) is 18.6 Å². The van der Waals surface area contributed by atoms with Crippen LogP contribution in [0.2, 0.25) is 5.02 Å². The monoisotopic (exact) mass is 543 g/mol. The summed E-state index contributed by atoms with van der Waals surface area (Å²) in [5.41, 5.74) is 1.91. The van der Waals surface area contributed by atoms with Crippen LogP contribution < -0.4 is 14.4 Å². The molecule has 1 atom stereocenters. The minimum Gasteiger partial charge on any atom is -0.495 e. The van der Waals surface area contributed by atoms with E-state index in [0.717, 1.165) is 15.4 Å². The summed E-state index contributed by atoms with van der Waals surface area (Å²) < 4.78 is 34.0. The topological polar surface area (TPSA) is 96.0 Å². The smallest absolute Gasteiger partial charge is 0.264 e. The number of likely N-dealkylation sites (N-methyl/N-ethyl adjacent to an activating group) is 1. The molecule has 2 amide bonds. The number of ether oxygens (including phenoxy) is 1. The van der Waals surface area contributed by atoms with E-state index in [1.165, 1.54) is 43.3 Å². The Morgan fingerprint density at radius 3 is 2.35 bits per heavy atom. The van der Waals surface area contributed by atoms with Gasteiger partial charge in [-0.2, -0.15) is 0 Å². The van der Waals surface area contributed by atoms with E-state index in [0.29, 0.717) is 0 Å². The fraction of sp³-hybridized carbons (Fsp3) is 0.259. The highest BCUT2D eigenvalue weighted by atomic mass is 35.5. The second-order valence-corrected chi connectivity index (χ2v) is 10.7. The molecule has 0 fully saturated rings. The summed E-state index contributed by atoms with van der Waals surface area (Å²) >= 11 is 6.22. The van der Waals surface area contributed by atoms with Crippen LogP contribution in [-0.2, 0) is 26.2 Å². The lowest BCUT2D eigenvalue weighted by molar-refractivity contribution is -0.139. The van der Waals surface area contributed by atoms with Crippen molar-refractivity contribution in [3.05, 3.63) is 88.9 Å². The van der Waals surface area contributed by atoms with E-state index < -0.39 is 28.5 Å². The fourth-order valence-corrected chi connectivity index (χ4v) is 5.49. The zero-order chi connectivity index (χ0) is 27.2. The molecule has 0 saturated carbocycles. The van der Waals surface area contributed by atoms with Crippen molar-refractivity contribution in [1.29, 1.82) is 0 Å². The summed E-state index contributed by atoms with van der Waals surface area (Å²) in [5, 5.41) is 2.83. The second-order valence-electron chi connectivity index (χ2n) is 8.44. The predicted molar refractivity (Wildman–Crippen MR) is 144 cm³/mol. The third-order valence-electron chi connectivity index (χ3n) is 5.87. The molecule has 3 rings (SSSR count). The highest BCUT2D eigenvalue weighted by Gasteiger charge is 2.33. The van der Waals surface area contributed by atoms with Gasteiger partial charge in [-0.1, -0.05) is 59.6 Å². The number of sulfonamides is 1. The van der Waals surface area contributed by atoms with Gasteiger partial charge in [-0.15, -0.1) is 0 Å². The number of amides is 2. The molecule has 0 aromatic heterocycles. The van der Waals surface area contributed by atoms with Gasteiger partial charge in [-0.05, 0) is 49.7 Å². The Kier molecular flexibility index (Phi) is 9.18. The van der Waals surface area contributed by atoms with Crippen LogP contribution in [0.25, 0.3) is 0 Å². The number of aryl methyl sites for hydroxylation is 1. The van der Waals surface area contributed by atoms with Crippen molar-refractivity contribution in [2.24, 2.45) is 0 Å². The van der Waals surface area contributed by atoms with Crippen molar-refractivity contribution in [2.45, 2.75) is 31.3 Å². The largest absolute Gasteiger partial charge is 0.495 e. The molecule has 3 aromatic carbocycles. The maximum Gasteiger partial charge on any atom is 0.264 e. The Morgan fingerprint density at radius 2 is 1.73 bits per heavy atom. The Hall–Kier alpha value is -3.56. The Bertz CT molecular complexity index is 1370. The van der Waals surface area contributed by atoms with E-state index in [-0.39, 0.29) is 33.8 Å². The van der Waals surface area contributed by atoms with Crippen molar-refractivity contribution in [1.82, 2.24) is 10.2 Å². The summed E-state index contributed by atoms with van der Waals surface area (Å²) in [4.78, 5) is 27.7. The number of carbonyl (C=O) groups is 2. The van der Waals surface area contributed by atoms with Gasteiger partial charge >= 0.3 is 0 Å². The predicted octanol–water partition coefficient (Wildman–Crippen LogP) is 4.02. The lowest BCUT2D eigenvalue weighted by Gasteiger charge is -2.32. The first kappa shape index (κ1) is 28.0. The SMILES string of the molecule is CNC(=O)[C@@H](C)N(Cc1cccc(C)c1)C(=O)CN(c1cc(Cl)ccc1OC)S(=O)(=O)c1ccccc1. The molecular formula is C27H30ClN3O5S. The number of nitrogens with one attached hydrogen (secondary N) is 1. The van der Waals surface area contributed by atoms with Gasteiger partial charge in [-0.25, -0.2) is 8.42 Å². The maximum absolute atomic E-state index is 13.8. The fourth-order valence-electron chi connectivity index (χ4n) is 3.89. The summed E-state index contributed by atoms with van der Waals surface area (Å²) in [5.74, 6) is -0.723. The third kappa shape index (κ3) is 6.61. The van der Waals surface area contributed by atoms with Gasteiger partial charge in [0.2, 0.25) is 11.8 Å². The molecular weight excluding hydrogens is 514 g/mol. The summed E-state index contributed by atoms with van der Waals surface area (Å²) in [6.45, 7) is 3.06. The number of hydrogen-bond donors (Lipinski definition) is 1. The van der Waals surface area contributed by atoms with Crippen molar-refractivity contribution < 1.29 is 22.7 Å². The molecule has 0 radical (unpaired) electrons. The van der Waals surface area contributed by atoms with Gasteiger partial charge in [0.25, 0.3) is 10.0 Å². The molecule has 0 saturated heterocycles. The molecule has 1 N–H and O–H groups in total. The average molecular weight is 544 g/mol. The molecule has 0 aliphatic rings. The average Bonchev–Trinajstić information content (AvgIpc) is 2.89. The first-order chi connectivity index (χ1) is 17.6. The van der Waals surface area contributed by atoms with Crippen molar-refractivity contribution in [3.63, 3.8) is 0 Å². The van der Waals surface area contributed by atoms with Crippen molar-refractivity contribution in [2.75, 3.05) is 25.0 Å². The zero-order valence-corrected chi connectivity index (χ0v) is 22.7. The van der Waals surface area contributed by atoms with Crippen LogP contribution in [0, 0.1) is 6.92 Å². The molecule has 3 aromatic rings. The number of benzene rings is 3. The molecule has 8 nitrogen and oxygen atoms in total.